The number of hydrogen-bond donors (Lipinski definition) is 0. The number of hydrogen-bond acceptors (Lipinski definition) is 5. The largest absolute Gasteiger partial charge is 0.420 e. The fraction of sp³-hybridized carbons (Fsp3) is 1.00. The van der Waals surface area contributed by atoms with Crippen molar-refractivity contribution in [3.05, 3.63) is 0 Å². The Morgan fingerprint density at radius 3 is 1.59 bits per heavy atom. The van der Waals surface area contributed by atoms with E-state index in [0.29, 0.717) is 0 Å². The lowest BCUT2D eigenvalue weighted by Crippen LogP contribution is -2.62. The highest BCUT2D eigenvalue weighted by molar-refractivity contribution is 6.83. The first-order valence-corrected chi connectivity index (χ1v) is 16.1. The first-order valence-electron chi connectivity index (χ1n) is 8.72. The van der Waals surface area contributed by atoms with E-state index in [1.54, 1.807) is 0 Å². The molecule has 0 saturated carbocycles. The standard InChI is InChI=1S/C13H34O5Si4/c1-8-19-15-20(9-2)17-22(11-4,13(7)14-12(5)6)18-21(10-3)16-19/h12-13,19-21H,8-11H2,1-7H3. The van der Waals surface area contributed by atoms with Gasteiger partial charge in [0.05, 0.1) is 11.8 Å². The van der Waals surface area contributed by atoms with Gasteiger partial charge in [0.25, 0.3) is 0 Å². The van der Waals surface area contributed by atoms with Crippen LogP contribution in [0.3, 0.4) is 0 Å². The predicted octanol–water partition coefficient (Wildman–Crippen LogP) is 2.60. The second kappa shape index (κ2) is 9.84. The van der Waals surface area contributed by atoms with Gasteiger partial charge in [-0.05, 0) is 44.9 Å². The van der Waals surface area contributed by atoms with E-state index < -0.39 is 36.4 Å². The molecule has 0 amide bonds. The van der Waals surface area contributed by atoms with E-state index in [4.69, 9.17) is 21.2 Å². The molecular weight excluding hydrogens is 348 g/mol. The summed E-state index contributed by atoms with van der Waals surface area (Å²) < 4.78 is 31.9. The van der Waals surface area contributed by atoms with Crippen LogP contribution in [0.4, 0.5) is 0 Å². The molecule has 1 aliphatic rings. The fourth-order valence-electron chi connectivity index (χ4n) is 2.61. The summed E-state index contributed by atoms with van der Waals surface area (Å²) in [5.41, 5.74) is 0.00708. The van der Waals surface area contributed by atoms with Crippen LogP contribution >= 0.6 is 0 Å². The smallest absolute Gasteiger partial charge is 0.349 e. The molecule has 5 nitrogen and oxygen atoms in total. The maximum Gasteiger partial charge on any atom is 0.349 e. The van der Waals surface area contributed by atoms with Crippen molar-refractivity contribution >= 4 is 36.4 Å². The van der Waals surface area contributed by atoms with Crippen LogP contribution in [0.15, 0.2) is 0 Å². The van der Waals surface area contributed by atoms with Gasteiger partial charge in [-0.25, -0.2) is 0 Å². The van der Waals surface area contributed by atoms with E-state index in [2.05, 4.69) is 48.5 Å². The minimum atomic E-state index is -2.44. The molecule has 3 atom stereocenters. The molecular formula is C13H34O5Si4. The van der Waals surface area contributed by atoms with Crippen molar-refractivity contribution < 1.29 is 21.2 Å². The zero-order valence-electron chi connectivity index (χ0n) is 15.3. The third kappa shape index (κ3) is 5.63. The SMILES string of the molecule is CC[SiH]1O[SiH](CC)O[Si](CC)(C(C)OC(C)C)O[SiH](CC)O1. The van der Waals surface area contributed by atoms with Gasteiger partial charge in [-0.3, -0.25) is 0 Å². The molecule has 1 heterocycles. The second-order valence-corrected chi connectivity index (χ2v) is 18.2. The third-order valence-corrected chi connectivity index (χ3v) is 18.4. The second-order valence-electron chi connectivity index (χ2n) is 6.01. The summed E-state index contributed by atoms with van der Waals surface area (Å²) in [6.07, 6.45) is 0.173. The third-order valence-electron chi connectivity index (χ3n) is 3.86. The van der Waals surface area contributed by atoms with Gasteiger partial charge in [-0.1, -0.05) is 27.7 Å². The molecule has 1 aliphatic heterocycles. The summed E-state index contributed by atoms with van der Waals surface area (Å²) in [5.74, 6) is 0. The number of rotatable bonds is 7. The van der Waals surface area contributed by atoms with Crippen molar-refractivity contribution in [2.75, 3.05) is 0 Å². The zero-order valence-corrected chi connectivity index (χ0v) is 19.7. The number of ether oxygens (including phenoxy) is 1. The predicted molar refractivity (Wildman–Crippen MR) is 99.1 cm³/mol. The fourth-order valence-corrected chi connectivity index (χ4v) is 20.2. The summed E-state index contributed by atoms with van der Waals surface area (Å²) in [6.45, 7) is 14.8. The highest BCUT2D eigenvalue weighted by Crippen LogP contribution is 2.28. The van der Waals surface area contributed by atoms with Crippen LogP contribution in [0.25, 0.3) is 0 Å². The Morgan fingerprint density at radius 2 is 1.27 bits per heavy atom. The molecule has 1 fully saturated rings. The molecule has 0 aliphatic carbocycles. The normalized spacial score (nSPS) is 35.2. The van der Waals surface area contributed by atoms with E-state index in [0.717, 1.165) is 24.2 Å². The van der Waals surface area contributed by atoms with E-state index >= 15 is 0 Å². The lowest BCUT2D eigenvalue weighted by molar-refractivity contribution is 0.0358. The summed E-state index contributed by atoms with van der Waals surface area (Å²) in [7, 11) is -7.49. The summed E-state index contributed by atoms with van der Waals surface area (Å²) >= 11 is 0. The summed E-state index contributed by atoms with van der Waals surface area (Å²) in [5, 5.41) is 0. The van der Waals surface area contributed by atoms with Crippen LogP contribution in [0.2, 0.25) is 24.2 Å². The molecule has 0 radical (unpaired) electrons. The van der Waals surface area contributed by atoms with Crippen LogP contribution in [-0.2, 0) is 21.2 Å². The van der Waals surface area contributed by atoms with Gasteiger partial charge >= 0.3 is 36.4 Å². The average Bonchev–Trinajstić information content (AvgIpc) is 2.47. The molecule has 1 rings (SSSR count). The minimum absolute atomic E-state index is 0.00708. The Morgan fingerprint density at radius 1 is 0.818 bits per heavy atom. The topological polar surface area (TPSA) is 46.2 Å². The maximum atomic E-state index is 6.60. The Kier molecular flexibility index (Phi) is 9.26. The highest BCUT2D eigenvalue weighted by atomic mass is 28.5. The van der Waals surface area contributed by atoms with Crippen molar-refractivity contribution in [3.63, 3.8) is 0 Å². The molecule has 0 aromatic rings. The monoisotopic (exact) mass is 382 g/mol. The summed E-state index contributed by atoms with van der Waals surface area (Å²) in [4.78, 5) is 0. The van der Waals surface area contributed by atoms with Crippen LogP contribution in [0.1, 0.15) is 48.5 Å². The molecule has 0 spiro atoms. The van der Waals surface area contributed by atoms with E-state index in [9.17, 15) is 0 Å². The van der Waals surface area contributed by atoms with Crippen molar-refractivity contribution in [1.29, 1.82) is 0 Å². The van der Waals surface area contributed by atoms with Crippen LogP contribution < -0.4 is 0 Å². The van der Waals surface area contributed by atoms with Crippen molar-refractivity contribution in [2.45, 2.75) is 84.5 Å². The Bertz CT molecular complexity index is 305. The first-order chi connectivity index (χ1) is 10.4. The molecule has 1 saturated heterocycles. The molecule has 0 bridgehead atoms. The lowest BCUT2D eigenvalue weighted by atomic mass is 10.5. The van der Waals surface area contributed by atoms with Crippen LogP contribution in [-0.4, -0.2) is 48.2 Å². The van der Waals surface area contributed by atoms with Crippen molar-refractivity contribution in [3.8, 4) is 0 Å². The lowest BCUT2D eigenvalue weighted by Gasteiger charge is -2.43. The molecule has 9 heteroatoms. The van der Waals surface area contributed by atoms with E-state index in [-0.39, 0.29) is 11.8 Å². The maximum absolute atomic E-state index is 6.60. The van der Waals surface area contributed by atoms with E-state index in [1.165, 1.54) is 0 Å². The Hall–Kier alpha value is 0.668. The molecule has 22 heavy (non-hydrogen) atoms. The highest BCUT2D eigenvalue weighted by Gasteiger charge is 2.49. The van der Waals surface area contributed by atoms with Gasteiger partial charge in [0.15, 0.2) is 0 Å². The molecule has 132 valence electrons. The van der Waals surface area contributed by atoms with Crippen molar-refractivity contribution in [1.82, 2.24) is 0 Å². The summed E-state index contributed by atoms with van der Waals surface area (Å²) in [6, 6.07) is 3.78. The van der Waals surface area contributed by atoms with Crippen LogP contribution in [0.5, 0.6) is 0 Å². The Labute approximate surface area is 142 Å². The molecule has 0 aromatic heterocycles. The quantitative estimate of drug-likeness (QED) is 0.633. The minimum Gasteiger partial charge on any atom is -0.420 e. The van der Waals surface area contributed by atoms with Gasteiger partial charge in [-0.15, -0.1) is 0 Å². The van der Waals surface area contributed by atoms with Crippen molar-refractivity contribution in [2.24, 2.45) is 0 Å². The molecule has 3 unspecified atom stereocenters. The Balaban J connectivity index is 3.01. The first kappa shape index (κ1) is 20.7. The molecule has 0 aromatic carbocycles. The van der Waals surface area contributed by atoms with Gasteiger partial charge in [0, 0.05) is 0 Å². The van der Waals surface area contributed by atoms with Gasteiger partial charge < -0.3 is 21.2 Å². The van der Waals surface area contributed by atoms with E-state index in [1.807, 2.05) is 0 Å². The van der Waals surface area contributed by atoms with Gasteiger partial charge in [-0.2, -0.15) is 0 Å². The molecule has 0 N–H and O–H groups in total. The van der Waals surface area contributed by atoms with Crippen LogP contribution in [0, 0.1) is 0 Å². The van der Waals surface area contributed by atoms with Gasteiger partial charge in [0.1, 0.15) is 0 Å². The average molecular weight is 383 g/mol. The van der Waals surface area contributed by atoms with Gasteiger partial charge in [0.2, 0.25) is 0 Å². The zero-order chi connectivity index (χ0) is 16.8.